The monoisotopic (exact) mass is 266 g/mol. The van der Waals surface area contributed by atoms with E-state index >= 15 is 0 Å². The lowest BCUT2D eigenvalue weighted by Gasteiger charge is -2.42. The summed E-state index contributed by atoms with van der Waals surface area (Å²) in [6.45, 7) is 15.6. The maximum absolute atomic E-state index is 3.82. The van der Waals surface area contributed by atoms with Crippen LogP contribution in [0.25, 0.3) is 0 Å². The number of rotatable bonds is 5. The van der Waals surface area contributed by atoms with E-state index in [2.05, 4.69) is 44.8 Å². The second-order valence-electron chi connectivity index (χ2n) is 8.44. The van der Waals surface area contributed by atoms with E-state index in [0.717, 1.165) is 23.9 Å². The minimum Gasteiger partial charge on any atom is -0.311 e. The lowest BCUT2D eigenvalue weighted by atomic mass is 9.90. The van der Waals surface area contributed by atoms with Gasteiger partial charge in [-0.15, -0.1) is 0 Å². The van der Waals surface area contributed by atoms with Crippen LogP contribution in [0, 0.1) is 17.3 Å². The van der Waals surface area contributed by atoms with Crippen molar-refractivity contribution in [1.82, 2.24) is 10.2 Å². The fourth-order valence-electron chi connectivity index (χ4n) is 3.23. The Morgan fingerprint density at radius 1 is 1.21 bits per heavy atom. The van der Waals surface area contributed by atoms with Crippen LogP contribution >= 0.6 is 0 Å². The number of piperazine rings is 1. The summed E-state index contributed by atoms with van der Waals surface area (Å²) in [5, 5.41) is 3.82. The van der Waals surface area contributed by atoms with Crippen LogP contribution < -0.4 is 5.32 Å². The van der Waals surface area contributed by atoms with Crippen molar-refractivity contribution in [3.8, 4) is 0 Å². The molecule has 0 aromatic heterocycles. The van der Waals surface area contributed by atoms with Gasteiger partial charge >= 0.3 is 0 Å². The van der Waals surface area contributed by atoms with Gasteiger partial charge in [-0.25, -0.2) is 0 Å². The SMILES string of the molecule is CC(C)CC1CNC(C2CC2)CN1CCC(C)(C)C. The normalized spacial score (nSPS) is 30.0. The summed E-state index contributed by atoms with van der Waals surface area (Å²) >= 11 is 0. The van der Waals surface area contributed by atoms with Crippen molar-refractivity contribution in [1.29, 1.82) is 0 Å². The van der Waals surface area contributed by atoms with Crippen molar-refractivity contribution in [2.45, 2.75) is 72.4 Å². The Hall–Kier alpha value is -0.0800. The van der Waals surface area contributed by atoms with Gasteiger partial charge in [0.2, 0.25) is 0 Å². The minimum atomic E-state index is 0.461. The van der Waals surface area contributed by atoms with Crippen molar-refractivity contribution in [3.05, 3.63) is 0 Å². The quantitative estimate of drug-likeness (QED) is 0.819. The predicted octanol–water partition coefficient (Wildman–Crippen LogP) is 3.52. The first-order valence-corrected chi connectivity index (χ1v) is 8.32. The summed E-state index contributed by atoms with van der Waals surface area (Å²) < 4.78 is 0. The molecule has 112 valence electrons. The van der Waals surface area contributed by atoms with Crippen LogP contribution in [0.2, 0.25) is 0 Å². The van der Waals surface area contributed by atoms with Gasteiger partial charge in [-0.3, -0.25) is 4.90 Å². The van der Waals surface area contributed by atoms with Crippen LogP contribution in [0.5, 0.6) is 0 Å². The van der Waals surface area contributed by atoms with Gasteiger partial charge < -0.3 is 5.32 Å². The first kappa shape index (κ1) is 15.3. The van der Waals surface area contributed by atoms with Gasteiger partial charge in [-0.2, -0.15) is 0 Å². The first-order valence-electron chi connectivity index (χ1n) is 8.32. The molecule has 2 heteroatoms. The van der Waals surface area contributed by atoms with Crippen LogP contribution in [0.1, 0.15) is 60.3 Å². The predicted molar refractivity (Wildman–Crippen MR) is 83.4 cm³/mol. The van der Waals surface area contributed by atoms with Crippen LogP contribution in [-0.4, -0.2) is 36.6 Å². The Bertz CT molecular complexity index is 275. The van der Waals surface area contributed by atoms with Gasteiger partial charge in [0, 0.05) is 25.2 Å². The van der Waals surface area contributed by atoms with Gasteiger partial charge in [-0.05, 0) is 49.5 Å². The summed E-state index contributed by atoms with van der Waals surface area (Å²) in [5.41, 5.74) is 0.461. The Kier molecular flexibility index (Phi) is 4.94. The Balaban J connectivity index is 1.89. The van der Waals surface area contributed by atoms with Crippen molar-refractivity contribution >= 4 is 0 Å². The molecular formula is C17H34N2. The first-order chi connectivity index (χ1) is 8.85. The lowest BCUT2D eigenvalue weighted by Crippen LogP contribution is -2.57. The molecule has 1 saturated carbocycles. The standard InChI is InChI=1S/C17H34N2/c1-13(2)10-15-11-18-16(14-6-7-14)12-19(15)9-8-17(3,4)5/h13-16,18H,6-12H2,1-5H3. The molecule has 1 saturated heterocycles. The van der Waals surface area contributed by atoms with Crippen LogP contribution in [0.4, 0.5) is 0 Å². The molecule has 0 bridgehead atoms. The Morgan fingerprint density at radius 2 is 1.89 bits per heavy atom. The average Bonchev–Trinajstić information content (AvgIpc) is 3.09. The molecule has 1 heterocycles. The molecule has 2 fully saturated rings. The molecular weight excluding hydrogens is 232 g/mol. The smallest absolute Gasteiger partial charge is 0.0224 e. The van der Waals surface area contributed by atoms with Gasteiger partial charge in [0.15, 0.2) is 0 Å². The zero-order chi connectivity index (χ0) is 14.0. The van der Waals surface area contributed by atoms with E-state index in [1.807, 2.05) is 0 Å². The summed E-state index contributed by atoms with van der Waals surface area (Å²) in [4.78, 5) is 2.80. The maximum Gasteiger partial charge on any atom is 0.0224 e. The third-order valence-electron chi connectivity index (χ3n) is 4.65. The molecule has 2 aliphatic rings. The highest BCUT2D eigenvalue weighted by Gasteiger charge is 2.37. The van der Waals surface area contributed by atoms with Gasteiger partial charge in [0.05, 0.1) is 0 Å². The summed E-state index contributed by atoms with van der Waals surface area (Å²) in [6, 6.07) is 1.54. The second-order valence-corrected chi connectivity index (χ2v) is 8.44. The molecule has 0 spiro atoms. The highest BCUT2D eigenvalue weighted by atomic mass is 15.2. The van der Waals surface area contributed by atoms with E-state index in [1.165, 1.54) is 45.3 Å². The van der Waals surface area contributed by atoms with Crippen molar-refractivity contribution in [3.63, 3.8) is 0 Å². The summed E-state index contributed by atoms with van der Waals surface area (Å²) in [5.74, 6) is 1.79. The van der Waals surface area contributed by atoms with E-state index in [0.29, 0.717) is 5.41 Å². The molecule has 0 radical (unpaired) electrons. The highest BCUT2D eigenvalue weighted by Crippen LogP contribution is 2.35. The van der Waals surface area contributed by atoms with Crippen molar-refractivity contribution < 1.29 is 0 Å². The fraction of sp³-hybridized carbons (Fsp3) is 1.00. The molecule has 19 heavy (non-hydrogen) atoms. The number of nitrogens with one attached hydrogen (secondary N) is 1. The molecule has 1 aliphatic heterocycles. The van der Waals surface area contributed by atoms with E-state index in [-0.39, 0.29) is 0 Å². The third-order valence-corrected chi connectivity index (χ3v) is 4.65. The van der Waals surface area contributed by atoms with Crippen molar-refractivity contribution in [2.24, 2.45) is 17.3 Å². The molecule has 2 nitrogen and oxygen atoms in total. The topological polar surface area (TPSA) is 15.3 Å². The summed E-state index contributed by atoms with van der Waals surface area (Å²) in [6.07, 6.45) is 5.58. The van der Waals surface area contributed by atoms with Crippen molar-refractivity contribution in [2.75, 3.05) is 19.6 Å². The second kappa shape index (κ2) is 6.13. The molecule has 0 aromatic rings. The fourth-order valence-corrected chi connectivity index (χ4v) is 3.23. The van der Waals surface area contributed by atoms with Gasteiger partial charge in [-0.1, -0.05) is 34.6 Å². The third kappa shape index (κ3) is 5.07. The van der Waals surface area contributed by atoms with Gasteiger partial charge in [0.1, 0.15) is 0 Å². The van der Waals surface area contributed by atoms with Gasteiger partial charge in [0.25, 0.3) is 0 Å². The summed E-state index contributed by atoms with van der Waals surface area (Å²) in [7, 11) is 0. The zero-order valence-electron chi connectivity index (χ0n) is 13.7. The van der Waals surface area contributed by atoms with E-state index < -0.39 is 0 Å². The maximum atomic E-state index is 3.82. The van der Waals surface area contributed by atoms with E-state index in [1.54, 1.807) is 0 Å². The van der Waals surface area contributed by atoms with Crippen LogP contribution in [0.3, 0.4) is 0 Å². The van der Waals surface area contributed by atoms with E-state index in [9.17, 15) is 0 Å². The molecule has 0 amide bonds. The largest absolute Gasteiger partial charge is 0.311 e. The van der Waals surface area contributed by atoms with E-state index in [4.69, 9.17) is 0 Å². The molecule has 2 atom stereocenters. The molecule has 2 rings (SSSR count). The minimum absolute atomic E-state index is 0.461. The number of hydrogen-bond donors (Lipinski definition) is 1. The average molecular weight is 266 g/mol. The van der Waals surface area contributed by atoms with Crippen LogP contribution in [-0.2, 0) is 0 Å². The van der Waals surface area contributed by atoms with Crippen LogP contribution in [0.15, 0.2) is 0 Å². The zero-order valence-corrected chi connectivity index (χ0v) is 13.7. The molecule has 1 N–H and O–H groups in total. The molecule has 1 aliphatic carbocycles. The lowest BCUT2D eigenvalue weighted by molar-refractivity contribution is 0.0945. The highest BCUT2D eigenvalue weighted by molar-refractivity contribution is 4.94. The number of hydrogen-bond acceptors (Lipinski definition) is 2. The molecule has 2 unspecified atom stereocenters. The Morgan fingerprint density at radius 3 is 2.42 bits per heavy atom. The number of nitrogens with zero attached hydrogens (tertiary/aromatic N) is 1. The molecule has 0 aromatic carbocycles. The Labute approximate surface area is 120 Å².